The average molecular weight is 409 g/mol. The van der Waals surface area contributed by atoms with Crippen molar-refractivity contribution in [3.05, 3.63) is 88.1 Å². The Morgan fingerprint density at radius 2 is 2.03 bits per heavy atom. The van der Waals surface area contributed by atoms with Crippen LogP contribution in [0.3, 0.4) is 0 Å². The third-order valence-electron chi connectivity index (χ3n) is 5.12. The number of benzene rings is 2. The smallest absolute Gasteiger partial charge is 0.252 e. The molecule has 3 heterocycles. The quantitative estimate of drug-likeness (QED) is 0.543. The molecule has 1 amide bonds. The molecular formula is C21H14ClFN4O2. The average Bonchev–Trinajstić information content (AvgIpc) is 3.33. The summed E-state index contributed by atoms with van der Waals surface area (Å²) >= 11 is 6.26. The maximum absolute atomic E-state index is 13.8. The first-order valence-corrected chi connectivity index (χ1v) is 9.26. The molecule has 0 aliphatic carbocycles. The Balaban J connectivity index is 1.68. The fourth-order valence-electron chi connectivity index (χ4n) is 3.78. The topological polar surface area (TPSA) is 79.5 Å². The van der Waals surface area contributed by atoms with E-state index in [2.05, 4.69) is 15.4 Å². The van der Waals surface area contributed by atoms with E-state index in [9.17, 15) is 14.3 Å². The maximum atomic E-state index is 13.8. The van der Waals surface area contributed by atoms with Gasteiger partial charge in [0.25, 0.3) is 5.91 Å². The molecule has 0 saturated heterocycles. The maximum Gasteiger partial charge on any atom is 0.252 e. The second kappa shape index (κ2) is 6.65. The van der Waals surface area contributed by atoms with Gasteiger partial charge in [-0.2, -0.15) is 5.10 Å². The van der Waals surface area contributed by atoms with Gasteiger partial charge < -0.3 is 10.4 Å². The molecule has 2 aromatic carbocycles. The third kappa shape index (κ3) is 2.86. The lowest BCUT2D eigenvalue weighted by Gasteiger charge is -2.17. The van der Waals surface area contributed by atoms with Crippen molar-refractivity contribution >= 4 is 23.2 Å². The van der Waals surface area contributed by atoms with E-state index in [0.717, 1.165) is 11.1 Å². The highest BCUT2D eigenvalue weighted by Crippen LogP contribution is 2.39. The number of aromatic nitrogens is 3. The van der Waals surface area contributed by atoms with Crippen LogP contribution in [-0.4, -0.2) is 25.6 Å². The molecular weight excluding hydrogens is 395 g/mol. The van der Waals surface area contributed by atoms with E-state index in [4.69, 9.17) is 11.6 Å². The summed E-state index contributed by atoms with van der Waals surface area (Å²) in [6.07, 6.45) is 3.26. The minimum absolute atomic E-state index is 0.278. The van der Waals surface area contributed by atoms with E-state index < -0.39 is 11.9 Å². The molecule has 0 bridgehead atoms. The highest BCUT2D eigenvalue weighted by Gasteiger charge is 2.34. The fourth-order valence-corrected chi connectivity index (χ4v) is 4.00. The molecule has 2 aromatic heterocycles. The van der Waals surface area contributed by atoms with Crippen LogP contribution in [0, 0.1) is 5.82 Å². The SMILES string of the molecule is O=C1NC(c2cc(F)ccc2Cl)c2c(CO)cc(-c3ccc4ncnn4c3)cc21. The van der Waals surface area contributed by atoms with Crippen LogP contribution >= 0.6 is 11.6 Å². The molecule has 4 aromatic rings. The summed E-state index contributed by atoms with van der Waals surface area (Å²) < 4.78 is 15.4. The standard InChI is InChI=1S/C21H14ClFN4O2/c22-17-3-2-14(23)7-15(17)20-19-13(9-28)5-12(6-16(19)21(29)26-20)11-1-4-18-24-10-25-27(18)8-11/h1-8,10,20,28H,9H2,(H,26,29). The van der Waals surface area contributed by atoms with Crippen LogP contribution in [0.2, 0.25) is 5.02 Å². The van der Waals surface area contributed by atoms with Crippen molar-refractivity contribution in [2.45, 2.75) is 12.6 Å². The van der Waals surface area contributed by atoms with Gasteiger partial charge in [0, 0.05) is 27.9 Å². The van der Waals surface area contributed by atoms with E-state index >= 15 is 0 Å². The van der Waals surface area contributed by atoms with Crippen molar-refractivity contribution in [1.82, 2.24) is 19.9 Å². The van der Waals surface area contributed by atoms with Crippen molar-refractivity contribution in [3.63, 3.8) is 0 Å². The molecule has 0 fully saturated rings. The molecule has 8 heteroatoms. The van der Waals surface area contributed by atoms with Crippen LogP contribution in [-0.2, 0) is 6.61 Å². The number of fused-ring (bicyclic) bond motifs is 2. The van der Waals surface area contributed by atoms with Crippen LogP contribution < -0.4 is 5.32 Å². The van der Waals surface area contributed by atoms with Gasteiger partial charge in [0.2, 0.25) is 0 Å². The van der Waals surface area contributed by atoms with Gasteiger partial charge in [0.1, 0.15) is 12.1 Å². The van der Waals surface area contributed by atoms with Gasteiger partial charge in [0.15, 0.2) is 5.65 Å². The first kappa shape index (κ1) is 17.8. The zero-order chi connectivity index (χ0) is 20.1. The Hall–Kier alpha value is -3.29. The minimum atomic E-state index is -0.630. The number of halogens is 2. The van der Waals surface area contributed by atoms with Crippen LogP contribution in [0.5, 0.6) is 0 Å². The highest BCUT2D eigenvalue weighted by molar-refractivity contribution is 6.31. The lowest BCUT2D eigenvalue weighted by molar-refractivity contribution is 0.0960. The zero-order valence-corrected chi connectivity index (χ0v) is 15.7. The van der Waals surface area contributed by atoms with Crippen molar-refractivity contribution < 1.29 is 14.3 Å². The second-order valence-corrected chi connectivity index (χ2v) is 7.21. The molecule has 5 rings (SSSR count). The summed E-state index contributed by atoms with van der Waals surface area (Å²) in [6.45, 7) is -0.278. The monoisotopic (exact) mass is 408 g/mol. The molecule has 29 heavy (non-hydrogen) atoms. The van der Waals surface area contributed by atoms with Gasteiger partial charge in [-0.3, -0.25) is 4.79 Å². The normalized spacial score (nSPS) is 15.6. The predicted molar refractivity (Wildman–Crippen MR) is 105 cm³/mol. The summed E-state index contributed by atoms with van der Waals surface area (Å²) in [5.41, 5.74) is 4.33. The summed E-state index contributed by atoms with van der Waals surface area (Å²) in [5.74, 6) is -0.751. The van der Waals surface area contributed by atoms with Crippen molar-refractivity contribution in [2.75, 3.05) is 0 Å². The number of nitrogens with one attached hydrogen (secondary N) is 1. The van der Waals surface area contributed by atoms with Gasteiger partial charge >= 0.3 is 0 Å². The lowest BCUT2D eigenvalue weighted by Crippen LogP contribution is -2.20. The van der Waals surface area contributed by atoms with Gasteiger partial charge in [-0.05, 0) is 59.2 Å². The molecule has 6 nitrogen and oxygen atoms in total. The number of rotatable bonds is 3. The molecule has 0 spiro atoms. The van der Waals surface area contributed by atoms with Gasteiger partial charge in [-0.25, -0.2) is 13.9 Å². The number of pyridine rings is 1. The molecule has 0 radical (unpaired) electrons. The van der Waals surface area contributed by atoms with Gasteiger partial charge in [-0.1, -0.05) is 11.6 Å². The van der Waals surface area contributed by atoms with Crippen molar-refractivity contribution in [1.29, 1.82) is 0 Å². The Labute approximate surface area is 169 Å². The van der Waals surface area contributed by atoms with Crippen molar-refractivity contribution in [3.8, 4) is 11.1 Å². The van der Waals surface area contributed by atoms with E-state index in [0.29, 0.717) is 32.9 Å². The summed E-state index contributed by atoms with van der Waals surface area (Å²) in [6, 6.07) is 10.7. The van der Waals surface area contributed by atoms with E-state index in [1.165, 1.54) is 24.5 Å². The van der Waals surface area contributed by atoms with E-state index in [1.807, 2.05) is 18.2 Å². The first-order valence-electron chi connectivity index (χ1n) is 8.88. The number of amides is 1. The van der Waals surface area contributed by atoms with Crippen molar-refractivity contribution in [2.24, 2.45) is 0 Å². The molecule has 1 unspecified atom stereocenters. The number of aliphatic hydroxyl groups excluding tert-OH is 1. The predicted octanol–water partition coefficient (Wildman–Crippen LogP) is 3.51. The Bertz CT molecular complexity index is 1290. The van der Waals surface area contributed by atoms with Crippen LogP contribution in [0.25, 0.3) is 16.8 Å². The Morgan fingerprint density at radius 1 is 1.17 bits per heavy atom. The molecule has 2 N–H and O–H groups in total. The van der Waals surface area contributed by atoms with E-state index in [-0.39, 0.29) is 12.5 Å². The molecule has 0 saturated carbocycles. The Kier molecular flexibility index (Phi) is 4.08. The summed E-state index contributed by atoms with van der Waals surface area (Å²) in [4.78, 5) is 16.8. The number of carbonyl (C=O) groups is 1. The zero-order valence-electron chi connectivity index (χ0n) is 14.9. The van der Waals surface area contributed by atoms with Crippen LogP contribution in [0.4, 0.5) is 4.39 Å². The molecule has 1 aliphatic rings. The summed E-state index contributed by atoms with van der Waals surface area (Å²) in [5, 5.41) is 17.3. The fraction of sp³-hybridized carbons (Fsp3) is 0.0952. The number of nitrogens with zero attached hydrogens (tertiary/aromatic N) is 3. The minimum Gasteiger partial charge on any atom is -0.392 e. The third-order valence-corrected chi connectivity index (χ3v) is 5.47. The molecule has 1 atom stereocenters. The number of hydrogen-bond acceptors (Lipinski definition) is 4. The molecule has 1 aliphatic heterocycles. The second-order valence-electron chi connectivity index (χ2n) is 6.81. The lowest BCUT2D eigenvalue weighted by atomic mass is 9.90. The first-order chi connectivity index (χ1) is 14.0. The highest BCUT2D eigenvalue weighted by atomic mass is 35.5. The number of hydrogen-bond donors (Lipinski definition) is 2. The van der Waals surface area contributed by atoms with Gasteiger partial charge in [-0.15, -0.1) is 0 Å². The molecule has 144 valence electrons. The number of aliphatic hydroxyl groups is 1. The van der Waals surface area contributed by atoms with Crippen LogP contribution in [0.15, 0.2) is 55.0 Å². The largest absolute Gasteiger partial charge is 0.392 e. The van der Waals surface area contributed by atoms with Crippen LogP contribution in [0.1, 0.15) is 33.1 Å². The number of carbonyl (C=O) groups excluding carboxylic acids is 1. The van der Waals surface area contributed by atoms with E-state index in [1.54, 1.807) is 16.8 Å². The van der Waals surface area contributed by atoms with Gasteiger partial charge in [0.05, 0.1) is 12.6 Å². The summed E-state index contributed by atoms with van der Waals surface area (Å²) in [7, 11) is 0. The Morgan fingerprint density at radius 3 is 2.86 bits per heavy atom.